The molecule has 10 aromatic rings. The van der Waals surface area contributed by atoms with Gasteiger partial charge in [-0.1, -0.05) is 231 Å². The lowest BCUT2D eigenvalue weighted by Crippen LogP contribution is -2.04. The molecule has 0 bridgehead atoms. The summed E-state index contributed by atoms with van der Waals surface area (Å²) in [5.41, 5.74) is 10.1. The van der Waals surface area contributed by atoms with Crippen molar-refractivity contribution in [2.24, 2.45) is 0 Å². The molecule has 0 heteroatoms. The van der Waals surface area contributed by atoms with Crippen LogP contribution in [-0.2, 0) is 0 Å². The second-order valence-electron chi connectivity index (χ2n) is 15.0. The zero-order valence-corrected chi connectivity index (χ0v) is 31.1. The molecule has 0 unspecified atom stereocenters. The first-order chi connectivity index (χ1) is 27.7. The molecule has 0 amide bonds. The summed E-state index contributed by atoms with van der Waals surface area (Å²) in [6.45, 7) is 0. The highest BCUT2D eigenvalue weighted by atomic mass is 14.2. The van der Waals surface area contributed by atoms with Crippen molar-refractivity contribution >= 4 is 55.2 Å². The van der Waals surface area contributed by atoms with Gasteiger partial charge < -0.3 is 0 Å². The summed E-state index contributed by atoms with van der Waals surface area (Å²) in [4.78, 5) is 0. The molecule has 56 heavy (non-hydrogen) atoms. The second kappa shape index (κ2) is 14.7. The summed E-state index contributed by atoms with van der Waals surface area (Å²) in [6, 6.07) is 80.4. The third kappa shape index (κ3) is 6.68. The molecular formula is C56H40. The van der Waals surface area contributed by atoms with E-state index >= 15 is 0 Å². The molecule has 0 fully saturated rings. The van der Waals surface area contributed by atoms with Crippen molar-refractivity contribution in [2.75, 3.05) is 0 Å². The molecule has 0 heterocycles. The van der Waals surface area contributed by atoms with Crippen molar-refractivity contribution in [3.8, 4) is 0 Å². The lowest BCUT2D eigenvalue weighted by atomic mass is 9.83. The van der Waals surface area contributed by atoms with Gasteiger partial charge >= 0.3 is 0 Å². The van der Waals surface area contributed by atoms with Crippen LogP contribution in [0.4, 0.5) is 0 Å². The van der Waals surface area contributed by atoms with Gasteiger partial charge in [-0.3, -0.25) is 0 Å². The molecule has 0 radical (unpaired) electrons. The van der Waals surface area contributed by atoms with Crippen molar-refractivity contribution in [2.45, 2.75) is 11.8 Å². The van der Waals surface area contributed by atoms with Gasteiger partial charge in [0.25, 0.3) is 0 Å². The van der Waals surface area contributed by atoms with Crippen LogP contribution in [0.5, 0.6) is 0 Å². The first-order valence-electron chi connectivity index (χ1n) is 19.5. The molecule has 0 saturated heterocycles. The molecule has 0 spiro atoms. The van der Waals surface area contributed by atoms with Crippen molar-refractivity contribution < 1.29 is 0 Å². The first-order valence-corrected chi connectivity index (χ1v) is 19.5. The minimum absolute atomic E-state index is 0.118. The van der Waals surface area contributed by atoms with Crippen molar-refractivity contribution in [3.05, 3.63) is 263 Å². The van der Waals surface area contributed by atoms with E-state index in [1.165, 1.54) is 87.6 Å². The van der Waals surface area contributed by atoms with Gasteiger partial charge in [0, 0.05) is 11.8 Å². The Hall–Kier alpha value is -7.02. The summed E-state index contributed by atoms with van der Waals surface area (Å²) in [6.07, 6.45) is 4.45. The summed E-state index contributed by atoms with van der Waals surface area (Å²) >= 11 is 0. The van der Waals surface area contributed by atoms with Crippen LogP contribution in [0.3, 0.4) is 0 Å². The molecule has 0 saturated carbocycles. The fourth-order valence-electron chi connectivity index (χ4n) is 8.50. The molecular weight excluding hydrogens is 673 g/mol. The van der Waals surface area contributed by atoms with E-state index in [2.05, 4.69) is 231 Å². The maximum absolute atomic E-state index is 2.36. The van der Waals surface area contributed by atoms with Crippen LogP contribution in [0.1, 0.15) is 56.3 Å². The summed E-state index contributed by atoms with van der Waals surface area (Å²) < 4.78 is 0. The predicted octanol–water partition coefficient (Wildman–Crippen LogP) is 14.8. The van der Waals surface area contributed by atoms with Gasteiger partial charge in [0.05, 0.1) is 0 Å². The van der Waals surface area contributed by atoms with E-state index in [1.807, 2.05) is 0 Å². The Morgan fingerprint density at radius 3 is 0.714 bits per heavy atom. The van der Waals surface area contributed by atoms with Gasteiger partial charge in [-0.2, -0.15) is 0 Å². The van der Waals surface area contributed by atoms with Gasteiger partial charge in [0.2, 0.25) is 0 Å². The first kappa shape index (κ1) is 33.5. The maximum atomic E-state index is 2.36. The van der Waals surface area contributed by atoms with Crippen molar-refractivity contribution in [1.29, 1.82) is 0 Å². The van der Waals surface area contributed by atoms with Crippen LogP contribution < -0.4 is 0 Å². The summed E-state index contributed by atoms with van der Waals surface area (Å²) in [7, 11) is 0. The SMILES string of the molecule is C(=Cc1ccc(C(c2ccc3ccccc3c2)c2ccc3ccccc3c2)cc1)c1ccc(C(c2ccc3ccccc3c2)c2ccc3ccccc3c2)cc1. The Morgan fingerprint density at radius 2 is 0.446 bits per heavy atom. The van der Waals surface area contributed by atoms with Crippen molar-refractivity contribution in [3.63, 3.8) is 0 Å². The van der Waals surface area contributed by atoms with Crippen LogP contribution in [-0.4, -0.2) is 0 Å². The van der Waals surface area contributed by atoms with E-state index in [1.54, 1.807) is 0 Å². The lowest BCUT2D eigenvalue weighted by molar-refractivity contribution is 0.982. The molecule has 0 atom stereocenters. The monoisotopic (exact) mass is 712 g/mol. The third-order valence-electron chi connectivity index (χ3n) is 11.4. The van der Waals surface area contributed by atoms with E-state index in [0.717, 1.165) is 0 Å². The largest absolute Gasteiger partial charge is 0.0616 e. The lowest BCUT2D eigenvalue weighted by Gasteiger charge is -2.20. The molecule has 10 rings (SSSR count). The fourth-order valence-corrected chi connectivity index (χ4v) is 8.50. The zero-order valence-electron chi connectivity index (χ0n) is 31.1. The van der Waals surface area contributed by atoms with Gasteiger partial charge in [-0.15, -0.1) is 0 Å². The van der Waals surface area contributed by atoms with Crippen LogP contribution in [0.2, 0.25) is 0 Å². The number of hydrogen-bond donors (Lipinski definition) is 0. The zero-order chi connectivity index (χ0) is 37.3. The van der Waals surface area contributed by atoms with Gasteiger partial charge in [-0.25, -0.2) is 0 Å². The number of fused-ring (bicyclic) bond motifs is 4. The highest BCUT2D eigenvalue weighted by molar-refractivity contribution is 5.87. The Morgan fingerprint density at radius 1 is 0.214 bits per heavy atom. The van der Waals surface area contributed by atoms with Gasteiger partial charge in [0.15, 0.2) is 0 Å². The molecule has 0 N–H and O–H groups in total. The van der Waals surface area contributed by atoms with Crippen LogP contribution in [0, 0.1) is 0 Å². The highest BCUT2D eigenvalue weighted by Gasteiger charge is 2.19. The van der Waals surface area contributed by atoms with E-state index < -0.39 is 0 Å². The Kier molecular flexibility index (Phi) is 8.78. The standard InChI is InChI=1S/C56H40/c1-5-13-47-35-51(31-27-41(47)9-1)55(52-32-28-42-10-2-6-14-48(42)36-52)45-23-19-39(20-24-45)17-18-40-21-25-46(26-22-40)56(53-33-29-43-11-3-7-15-49(43)37-53)54-34-30-44-12-4-8-16-50(44)38-54/h1-38,55-56H. The summed E-state index contributed by atoms with van der Waals surface area (Å²) in [5, 5.41) is 10.1. The van der Waals surface area contributed by atoms with Crippen LogP contribution >= 0.6 is 0 Å². The molecule has 0 aliphatic rings. The fraction of sp³-hybridized carbons (Fsp3) is 0.0357. The number of benzene rings is 10. The van der Waals surface area contributed by atoms with Gasteiger partial charge in [0.1, 0.15) is 0 Å². The number of hydrogen-bond acceptors (Lipinski definition) is 0. The molecule has 0 aromatic heterocycles. The predicted molar refractivity (Wildman–Crippen MR) is 239 cm³/mol. The smallest absolute Gasteiger partial charge is 0.0340 e. The molecule has 0 aliphatic carbocycles. The van der Waals surface area contributed by atoms with E-state index in [4.69, 9.17) is 0 Å². The molecule has 264 valence electrons. The average Bonchev–Trinajstić information content (AvgIpc) is 3.26. The Balaban J connectivity index is 0.953. The maximum Gasteiger partial charge on any atom is 0.0340 e. The topological polar surface area (TPSA) is 0 Å². The van der Waals surface area contributed by atoms with E-state index in [9.17, 15) is 0 Å². The van der Waals surface area contributed by atoms with Crippen molar-refractivity contribution in [1.82, 2.24) is 0 Å². The average molecular weight is 713 g/mol. The third-order valence-corrected chi connectivity index (χ3v) is 11.4. The van der Waals surface area contributed by atoms with Crippen LogP contribution in [0.15, 0.2) is 218 Å². The normalized spacial score (nSPS) is 11.8. The van der Waals surface area contributed by atoms with Gasteiger partial charge in [-0.05, 0) is 87.6 Å². The van der Waals surface area contributed by atoms with E-state index in [0.29, 0.717) is 0 Å². The van der Waals surface area contributed by atoms with Crippen LogP contribution in [0.25, 0.3) is 55.2 Å². The minimum Gasteiger partial charge on any atom is -0.0616 e. The Bertz CT molecular complexity index is 2650. The summed E-state index contributed by atoms with van der Waals surface area (Å²) in [5.74, 6) is 0.237. The number of rotatable bonds is 8. The minimum atomic E-state index is 0.118. The molecule has 0 aliphatic heterocycles. The quantitative estimate of drug-likeness (QED) is 0.109. The Labute approximate surface area is 328 Å². The molecule has 0 nitrogen and oxygen atoms in total. The molecule has 10 aromatic carbocycles. The van der Waals surface area contributed by atoms with E-state index in [-0.39, 0.29) is 11.8 Å². The second-order valence-corrected chi connectivity index (χ2v) is 15.0. The highest BCUT2D eigenvalue weighted by Crippen LogP contribution is 2.37.